The number of nitrogens with zero attached hydrogens (tertiary/aromatic N) is 1. The molecule has 192 valence electrons. The lowest BCUT2D eigenvalue weighted by Crippen LogP contribution is -2.00. The van der Waals surface area contributed by atoms with Crippen molar-refractivity contribution in [2.24, 2.45) is 10.7 Å². The molecule has 0 atom stereocenters. The average Bonchev–Trinajstić information content (AvgIpc) is 2.85. The first-order valence-electron chi connectivity index (χ1n) is 11.4. The van der Waals surface area contributed by atoms with Crippen LogP contribution in [0, 0.1) is 0 Å². The zero-order chi connectivity index (χ0) is 26.9. The third-order valence-corrected chi connectivity index (χ3v) is 4.13. The maximum atomic E-state index is 10.9. The molecule has 2 rings (SSSR count). The first kappa shape index (κ1) is 33.6. The number of hydrogen-bond acceptors (Lipinski definition) is 6. The summed E-state index contributed by atoms with van der Waals surface area (Å²) in [5, 5.41) is 0. The van der Waals surface area contributed by atoms with Gasteiger partial charge in [-0.2, -0.15) is 0 Å². The summed E-state index contributed by atoms with van der Waals surface area (Å²) in [6, 6.07) is 18.6. The number of amides is 1. The fourth-order valence-corrected chi connectivity index (χ4v) is 2.52. The maximum Gasteiger partial charge on any atom is 0.302 e. The molecule has 0 saturated carbocycles. The topological polar surface area (TPSA) is 108 Å². The van der Waals surface area contributed by atoms with E-state index in [1.165, 1.54) is 31.1 Å². The number of allylic oxidation sites excluding steroid dienone is 2. The van der Waals surface area contributed by atoms with Crippen molar-refractivity contribution in [3.8, 4) is 0 Å². The predicted molar refractivity (Wildman–Crippen MR) is 143 cm³/mol. The summed E-state index contributed by atoms with van der Waals surface area (Å²) >= 11 is 0. The highest BCUT2D eigenvalue weighted by atomic mass is 16.5. The van der Waals surface area contributed by atoms with E-state index in [0.717, 1.165) is 24.1 Å². The van der Waals surface area contributed by atoms with Crippen molar-refractivity contribution in [3.63, 3.8) is 0 Å². The minimum atomic E-state index is -0.211. The standard InChI is InChI=1S/C15H19NO2.C8H10.C4H8O2.CH3NO/c1-12(17)7-8-15(16-2)14-6-4-5-13(11-14)9-10-18-3;1-2-8-6-4-3-5-7-8;1-3-6-4(2)5;2-1-3/h4-8,11H,9-10H2,1-3H3;3-7H,2H2,1H3;3H2,1-2H3;1H,(H2,2,3)/b8-7-,16-15?;;;. The maximum absolute atomic E-state index is 10.9. The average molecular weight is 485 g/mol. The number of rotatable bonds is 8. The Hall–Kier alpha value is -3.58. The lowest BCUT2D eigenvalue weighted by atomic mass is 10.0. The van der Waals surface area contributed by atoms with Crippen LogP contribution in [0.2, 0.25) is 0 Å². The highest BCUT2D eigenvalue weighted by Crippen LogP contribution is 2.08. The van der Waals surface area contributed by atoms with E-state index >= 15 is 0 Å². The van der Waals surface area contributed by atoms with Crippen LogP contribution >= 0.6 is 0 Å². The van der Waals surface area contributed by atoms with Gasteiger partial charge in [0.2, 0.25) is 6.41 Å². The Morgan fingerprint density at radius 2 is 1.57 bits per heavy atom. The molecule has 2 N–H and O–H groups in total. The number of carbonyl (C=O) groups excluding carboxylic acids is 3. The molecule has 0 spiro atoms. The van der Waals surface area contributed by atoms with E-state index in [-0.39, 0.29) is 18.2 Å². The minimum absolute atomic E-state index is 0.0201. The van der Waals surface area contributed by atoms with E-state index < -0.39 is 0 Å². The van der Waals surface area contributed by atoms with Crippen LogP contribution in [-0.4, -0.2) is 51.2 Å². The second-order valence-corrected chi connectivity index (χ2v) is 6.90. The number of esters is 1. The molecule has 0 aromatic heterocycles. The molecule has 2 aromatic rings. The Bertz CT molecular complexity index is 893. The van der Waals surface area contributed by atoms with Crippen molar-refractivity contribution in [3.05, 3.63) is 83.4 Å². The molecule has 0 bridgehead atoms. The summed E-state index contributed by atoms with van der Waals surface area (Å²) in [6.45, 7) is 8.04. The molecule has 0 fully saturated rings. The van der Waals surface area contributed by atoms with Crippen LogP contribution in [0.3, 0.4) is 0 Å². The van der Waals surface area contributed by atoms with Gasteiger partial charge in [-0.15, -0.1) is 0 Å². The highest BCUT2D eigenvalue weighted by molar-refractivity contribution is 6.11. The number of aliphatic imine (C=N–C) groups is 1. The summed E-state index contributed by atoms with van der Waals surface area (Å²) in [5.74, 6) is -0.191. The second-order valence-electron chi connectivity index (χ2n) is 6.90. The summed E-state index contributed by atoms with van der Waals surface area (Å²) < 4.78 is 9.47. The van der Waals surface area contributed by atoms with E-state index in [1.807, 2.05) is 18.2 Å². The molecular weight excluding hydrogens is 444 g/mol. The monoisotopic (exact) mass is 484 g/mol. The van der Waals surface area contributed by atoms with Gasteiger partial charge in [-0.05, 0) is 61.6 Å². The van der Waals surface area contributed by atoms with Gasteiger partial charge >= 0.3 is 5.97 Å². The van der Waals surface area contributed by atoms with Gasteiger partial charge < -0.3 is 15.2 Å². The van der Waals surface area contributed by atoms with Crippen LogP contribution in [0.4, 0.5) is 0 Å². The van der Waals surface area contributed by atoms with Crippen molar-refractivity contribution in [2.45, 2.75) is 40.5 Å². The van der Waals surface area contributed by atoms with Gasteiger partial charge in [0.1, 0.15) is 0 Å². The number of ether oxygens (including phenoxy) is 2. The van der Waals surface area contributed by atoms with Crippen LogP contribution in [0.25, 0.3) is 0 Å². The van der Waals surface area contributed by atoms with Crippen LogP contribution in [0.1, 0.15) is 44.4 Å². The number of aryl methyl sites for hydroxylation is 1. The third-order valence-electron chi connectivity index (χ3n) is 4.13. The smallest absolute Gasteiger partial charge is 0.302 e. The largest absolute Gasteiger partial charge is 0.466 e. The van der Waals surface area contributed by atoms with Crippen molar-refractivity contribution < 1.29 is 23.9 Å². The molecule has 7 nitrogen and oxygen atoms in total. The molecule has 0 radical (unpaired) electrons. The van der Waals surface area contributed by atoms with Crippen molar-refractivity contribution in [2.75, 3.05) is 27.4 Å². The molecule has 0 saturated heterocycles. The van der Waals surface area contributed by atoms with Crippen LogP contribution in [0.5, 0.6) is 0 Å². The first-order valence-corrected chi connectivity index (χ1v) is 11.4. The van der Waals surface area contributed by atoms with Gasteiger partial charge in [-0.3, -0.25) is 19.4 Å². The Balaban J connectivity index is 0. The summed E-state index contributed by atoms with van der Waals surface area (Å²) in [5.41, 5.74) is 8.60. The molecule has 0 unspecified atom stereocenters. The number of methoxy groups -OCH3 is 1. The third kappa shape index (κ3) is 20.7. The van der Waals surface area contributed by atoms with E-state index in [9.17, 15) is 9.59 Å². The fraction of sp³-hybridized carbons (Fsp3) is 0.357. The SMILES string of the molecule is CCOC(C)=O.CCc1ccccc1.CN=C(/C=C\C(C)=O)c1cccc(CCOC)c1.NC=O. The summed E-state index contributed by atoms with van der Waals surface area (Å²) in [7, 11) is 3.42. The van der Waals surface area contributed by atoms with Gasteiger partial charge in [0.05, 0.1) is 18.9 Å². The van der Waals surface area contributed by atoms with Crippen LogP contribution in [-0.2, 0) is 36.7 Å². The van der Waals surface area contributed by atoms with Gasteiger partial charge in [-0.25, -0.2) is 0 Å². The number of nitrogens with two attached hydrogens (primary N) is 1. The predicted octanol–water partition coefficient (Wildman–Crippen LogP) is 4.36. The second kappa shape index (κ2) is 23.6. The van der Waals surface area contributed by atoms with E-state index in [2.05, 4.69) is 58.8 Å². The Morgan fingerprint density at radius 3 is 1.97 bits per heavy atom. The molecule has 35 heavy (non-hydrogen) atoms. The number of benzene rings is 2. The molecule has 0 heterocycles. The number of carbonyl (C=O) groups is 3. The molecule has 2 aromatic carbocycles. The zero-order valence-corrected chi connectivity index (χ0v) is 21.8. The first-order chi connectivity index (χ1) is 16.8. The zero-order valence-electron chi connectivity index (χ0n) is 21.8. The van der Waals surface area contributed by atoms with Crippen molar-refractivity contribution >= 4 is 23.9 Å². The van der Waals surface area contributed by atoms with E-state index in [1.54, 1.807) is 27.2 Å². The summed E-state index contributed by atoms with van der Waals surface area (Å²) in [4.78, 5) is 33.5. The van der Waals surface area contributed by atoms with Crippen molar-refractivity contribution in [1.29, 1.82) is 0 Å². The normalized spacial score (nSPS) is 9.94. The molecular formula is C28H40N2O5. The molecule has 0 aliphatic carbocycles. The number of primary amides is 1. The Kier molecular flexibility index (Phi) is 22.6. The molecule has 7 heteroatoms. The van der Waals surface area contributed by atoms with Gasteiger partial charge in [0, 0.05) is 21.1 Å². The number of ketones is 1. The van der Waals surface area contributed by atoms with Crippen LogP contribution < -0.4 is 5.73 Å². The fourth-order valence-electron chi connectivity index (χ4n) is 2.52. The number of hydrogen-bond donors (Lipinski definition) is 1. The quantitative estimate of drug-likeness (QED) is 0.259. The molecule has 0 aliphatic rings. The van der Waals surface area contributed by atoms with E-state index in [4.69, 9.17) is 9.53 Å². The Morgan fingerprint density at radius 1 is 0.971 bits per heavy atom. The van der Waals surface area contributed by atoms with Gasteiger partial charge in [0.25, 0.3) is 0 Å². The minimum Gasteiger partial charge on any atom is -0.466 e. The lowest BCUT2D eigenvalue weighted by Gasteiger charge is -2.05. The Labute approximate surface area is 210 Å². The van der Waals surface area contributed by atoms with Gasteiger partial charge in [-0.1, -0.05) is 55.5 Å². The van der Waals surface area contributed by atoms with Crippen molar-refractivity contribution in [1.82, 2.24) is 0 Å². The molecule has 1 amide bonds. The molecule has 0 aliphatic heterocycles. The van der Waals surface area contributed by atoms with Gasteiger partial charge in [0.15, 0.2) is 5.78 Å². The highest BCUT2D eigenvalue weighted by Gasteiger charge is 2.01. The summed E-state index contributed by atoms with van der Waals surface area (Å²) in [6.07, 6.45) is 5.54. The van der Waals surface area contributed by atoms with E-state index in [0.29, 0.717) is 13.2 Å². The lowest BCUT2D eigenvalue weighted by molar-refractivity contribution is -0.140. The van der Waals surface area contributed by atoms with Crippen LogP contribution in [0.15, 0.2) is 71.7 Å².